The Morgan fingerprint density at radius 2 is 1.40 bits per heavy atom. The summed E-state index contributed by atoms with van der Waals surface area (Å²) in [5.74, 6) is 0. The van der Waals surface area contributed by atoms with Gasteiger partial charge >= 0.3 is 0 Å². The molecule has 0 amide bonds. The second-order valence-electron chi connectivity index (χ2n) is 4.02. The van der Waals surface area contributed by atoms with Crippen LogP contribution in [0.4, 0.5) is 0 Å². The van der Waals surface area contributed by atoms with E-state index in [0.717, 1.165) is 5.41 Å². The lowest BCUT2D eigenvalue weighted by Gasteiger charge is -2.41. The Morgan fingerprint density at radius 1 is 0.800 bits per heavy atom. The molecule has 2 saturated carbocycles. The van der Waals surface area contributed by atoms with Crippen LogP contribution in [0.1, 0.15) is 51.4 Å². The summed E-state index contributed by atoms with van der Waals surface area (Å²) in [4.78, 5) is 0. The molecule has 57 valence electrons. The summed E-state index contributed by atoms with van der Waals surface area (Å²) in [7, 11) is 0. The third-order valence-electron chi connectivity index (χ3n) is 3.32. The number of hydrogen-bond acceptors (Lipinski definition) is 0. The molecule has 10 heavy (non-hydrogen) atoms. The van der Waals surface area contributed by atoms with Crippen molar-refractivity contribution in [3.63, 3.8) is 0 Å². The molecule has 1 radical (unpaired) electrons. The summed E-state index contributed by atoms with van der Waals surface area (Å²) in [6.45, 7) is 0. The van der Waals surface area contributed by atoms with Crippen molar-refractivity contribution < 1.29 is 0 Å². The summed E-state index contributed by atoms with van der Waals surface area (Å²) in [5, 5.41) is 0. The first kappa shape index (κ1) is 6.69. The van der Waals surface area contributed by atoms with Gasteiger partial charge in [-0.15, -0.1) is 0 Å². The lowest BCUT2D eigenvalue weighted by molar-refractivity contribution is 0.195. The topological polar surface area (TPSA) is 0 Å². The average molecular weight is 137 g/mol. The summed E-state index contributed by atoms with van der Waals surface area (Å²) in [5.41, 5.74) is 0.760. The van der Waals surface area contributed by atoms with Gasteiger partial charge in [-0.2, -0.15) is 0 Å². The standard InChI is InChI=1S/C10H17/c1-2-4-7-10(6-3-1)8-5-9-10/h8H,1-7,9H2. The maximum atomic E-state index is 2.58. The fraction of sp³-hybridized carbons (Fsp3) is 0.900. The van der Waals surface area contributed by atoms with Gasteiger partial charge in [0.05, 0.1) is 0 Å². The van der Waals surface area contributed by atoms with Crippen LogP contribution in [0.5, 0.6) is 0 Å². The summed E-state index contributed by atoms with van der Waals surface area (Å²) >= 11 is 0. The van der Waals surface area contributed by atoms with Crippen LogP contribution in [0.15, 0.2) is 0 Å². The quantitative estimate of drug-likeness (QED) is 0.480. The van der Waals surface area contributed by atoms with Gasteiger partial charge in [-0.05, 0) is 37.5 Å². The molecule has 0 aromatic carbocycles. The number of hydrogen-bond donors (Lipinski definition) is 0. The Bertz CT molecular complexity index is 101. The largest absolute Gasteiger partial charge is 0.0533 e. The molecule has 0 nitrogen and oxygen atoms in total. The van der Waals surface area contributed by atoms with Crippen molar-refractivity contribution in [3.8, 4) is 0 Å². The van der Waals surface area contributed by atoms with Gasteiger partial charge in [0, 0.05) is 0 Å². The fourth-order valence-electron chi connectivity index (χ4n) is 2.44. The van der Waals surface area contributed by atoms with Crippen LogP contribution in [0, 0.1) is 11.8 Å². The van der Waals surface area contributed by atoms with Crippen LogP contribution in [0.25, 0.3) is 0 Å². The van der Waals surface area contributed by atoms with E-state index in [1.807, 2.05) is 0 Å². The smallest absolute Gasteiger partial charge is 0.0266 e. The highest BCUT2D eigenvalue weighted by atomic mass is 14.4. The Balaban J connectivity index is 1.92. The van der Waals surface area contributed by atoms with Crippen molar-refractivity contribution in [2.45, 2.75) is 51.4 Å². The summed E-state index contributed by atoms with van der Waals surface area (Å²) < 4.78 is 0. The van der Waals surface area contributed by atoms with Gasteiger partial charge in [0.15, 0.2) is 0 Å². The molecular weight excluding hydrogens is 120 g/mol. The maximum absolute atomic E-state index is 2.58. The minimum atomic E-state index is 0.760. The molecule has 1 spiro atoms. The molecule has 0 heteroatoms. The first-order chi connectivity index (χ1) is 4.91. The van der Waals surface area contributed by atoms with Crippen LogP contribution in [-0.4, -0.2) is 0 Å². The van der Waals surface area contributed by atoms with Crippen LogP contribution < -0.4 is 0 Å². The van der Waals surface area contributed by atoms with E-state index in [9.17, 15) is 0 Å². The van der Waals surface area contributed by atoms with E-state index in [-0.39, 0.29) is 0 Å². The first-order valence-corrected chi connectivity index (χ1v) is 4.76. The third-order valence-corrected chi connectivity index (χ3v) is 3.32. The monoisotopic (exact) mass is 137 g/mol. The van der Waals surface area contributed by atoms with E-state index in [4.69, 9.17) is 0 Å². The van der Waals surface area contributed by atoms with Crippen LogP contribution in [0.2, 0.25) is 0 Å². The molecule has 0 atom stereocenters. The molecule has 2 aliphatic rings. The Labute approximate surface area is 64.0 Å². The molecule has 0 aromatic heterocycles. The van der Waals surface area contributed by atoms with Crippen LogP contribution in [-0.2, 0) is 0 Å². The molecule has 2 fully saturated rings. The molecule has 0 aliphatic heterocycles. The Morgan fingerprint density at radius 3 is 1.80 bits per heavy atom. The van der Waals surface area contributed by atoms with Gasteiger partial charge in [-0.1, -0.05) is 25.7 Å². The molecule has 0 heterocycles. The zero-order chi connectivity index (χ0) is 6.86. The van der Waals surface area contributed by atoms with E-state index in [0.29, 0.717) is 0 Å². The highest BCUT2D eigenvalue weighted by molar-refractivity contribution is 5.02. The van der Waals surface area contributed by atoms with Crippen molar-refractivity contribution in [2.24, 2.45) is 5.41 Å². The summed E-state index contributed by atoms with van der Waals surface area (Å²) in [6.07, 6.45) is 14.5. The number of rotatable bonds is 0. The highest BCUT2D eigenvalue weighted by Gasteiger charge is 2.36. The van der Waals surface area contributed by atoms with Gasteiger partial charge in [-0.3, -0.25) is 0 Å². The van der Waals surface area contributed by atoms with Crippen molar-refractivity contribution >= 4 is 0 Å². The van der Waals surface area contributed by atoms with Crippen molar-refractivity contribution in [1.82, 2.24) is 0 Å². The second kappa shape index (κ2) is 2.56. The normalized spacial score (nSPS) is 31.2. The lowest BCUT2D eigenvalue weighted by atomic mass is 9.64. The molecular formula is C10H17. The van der Waals surface area contributed by atoms with E-state index >= 15 is 0 Å². The van der Waals surface area contributed by atoms with Gasteiger partial charge < -0.3 is 0 Å². The minimum Gasteiger partial charge on any atom is -0.0533 e. The highest BCUT2D eigenvalue weighted by Crippen LogP contribution is 2.49. The molecule has 2 rings (SSSR count). The van der Waals surface area contributed by atoms with E-state index in [2.05, 4.69) is 6.42 Å². The molecule has 0 bridgehead atoms. The van der Waals surface area contributed by atoms with Crippen molar-refractivity contribution in [3.05, 3.63) is 6.42 Å². The molecule has 0 saturated heterocycles. The van der Waals surface area contributed by atoms with Crippen LogP contribution >= 0.6 is 0 Å². The van der Waals surface area contributed by atoms with Gasteiger partial charge in [0.1, 0.15) is 0 Å². The van der Waals surface area contributed by atoms with Gasteiger partial charge in [-0.25, -0.2) is 0 Å². The summed E-state index contributed by atoms with van der Waals surface area (Å²) in [6, 6.07) is 0. The van der Waals surface area contributed by atoms with Gasteiger partial charge in [0.2, 0.25) is 0 Å². The average Bonchev–Trinajstić information content (AvgIpc) is 2.08. The van der Waals surface area contributed by atoms with Crippen LogP contribution in [0.3, 0.4) is 0 Å². The predicted molar refractivity (Wildman–Crippen MR) is 43.7 cm³/mol. The van der Waals surface area contributed by atoms with Crippen molar-refractivity contribution in [1.29, 1.82) is 0 Å². The zero-order valence-electron chi connectivity index (χ0n) is 6.73. The lowest BCUT2D eigenvalue weighted by Crippen LogP contribution is -2.29. The molecule has 0 aromatic rings. The minimum absolute atomic E-state index is 0.760. The molecule has 0 unspecified atom stereocenters. The third kappa shape index (κ3) is 1.09. The van der Waals surface area contributed by atoms with E-state index < -0.39 is 0 Å². The SMILES string of the molecule is [CH]1CCC12CCCCCC2. The van der Waals surface area contributed by atoms with E-state index in [1.54, 1.807) is 0 Å². The zero-order valence-corrected chi connectivity index (χ0v) is 6.73. The second-order valence-corrected chi connectivity index (χ2v) is 4.02. The molecule has 0 N–H and O–H groups in total. The van der Waals surface area contributed by atoms with Crippen molar-refractivity contribution in [2.75, 3.05) is 0 Å². The van der Waals surface area contributed by atoms with Gasteiger partial charge in [0.25, 0.3) is 0 Å². The molecule has 2 aliphatic carbocycles. The fourth-order valence-corrected chi connectivity index (χ4v) is 2.44. The Hall–Kier alpha value is 0. The van der Waals surface area contributed by atoms with E-state index in [1.165, 1.54) is 51.4 Å². The first-order valence-electron chi connectivity index (χ1n) is 4.76. The maximum Gasteiger partial charge on any atom is -0.0266 e. The predicted octanol–water partition coefficient (Wildman–Crippen LogP) is 3.33. The Kier molecular flexibility index (Phi) is 1.71.